The molecule has 32 heavy (non-hydrogen) atoms. The highest BCUT2D eigenvalue weighted by Crippen LogP contribution is 2.34. The van der Waals surface area contributed by atoms with Crippen molar-refractivity contribution >= 4 is 32.6 Å². The Hall–Kier alpha value is -3.22. The fourth-order valence-corrected chi connectivity index (χ4v) is 4.46. The molecule has 0 spiro atoms. The first-order valence-electron chi connectivity index (χ1n) is 10.6. The van der Waals surface area contributed by atoms with Gasteiger partial charge in [-0.15, -0.1) is 0 Å². The SMILES string of the molecule is Cc1ccc2sc(N(CCN(C)C)C(=O)c3ccccc3Oc3ccccc3)nc2c1C. The molecule has 5 nitrogen and oxygen atoms in total. The molecule has 4 aromatic rings. The molecule has 0 unspecified atom stereocenters. The van der Waals surface area contributed by atoms with Crippen LogP contribution in [-0.4, -0.2) is 43.0 Å². The lowest BCUT2D eigenvalue weighted by molar-refractivity contribution is 0.0983. The first kappa shape index (κ1) is 22.0. The molecular formula is C26H27N3O2S. The normalized spacial score (nSPS) is 11.2. The van der Waals surface area contributed by atoms with Crippen LogP contribution in [0.25, 0.3) is 10.2 Å². The lowest BCUT2D eigenvalue weighted by Gasteiger charge is -2.23. The maximum atomic E-state index is 13.8. The van der Waals surface area contributed by atoms with Crippen molar-refractivity contribution in [3.8, 4) is 11.5 Å². The number of carbonyl (C=O) groups excluding carboxylic acids is 1. The van der Waals surface area contributed by atoms with E-state index in [4.69, 9.17) is 9.72 Å². The Morgan fingerprint density at radius 2 is 1.66 bits per heavy atom. The second kappa shape index (κ2) is 9.51. The van der Waals surface area contributed by atoms with Gasteiger partial charge in [-0.05, 0) is 69.4 Å². The standard InChI is InChI=1S/C26H27N3O2S/c1-18-14-15-23-24(19(18)2)27-26(32-23)29(17-16-28(3)4)25(30)21-12-8-9-13-22(21)31-20-10-6-5-7-11-20/h5-15H,16-17H2,1-4H3. The third-order valence-corrected chi connectivity index (χ3v) is 6.45. The summed E-state index contributed by atoms with van der Waals surface area (Å²) in [5.74, 6) is 1.11. The van der Waals surface area contributed by atoms with Gasteiger partial charge in [-0.1, -0.05) is 47.7 Å². The van der Waals surface area contributed by atoms with Crippen LogP contribution >= 0.6 is 11.3 Å². The van der Waals surface area contributed by atoms with Gasteiger partial charge in [0, 0.05) is 13.1 Å². The highest BCUT2D eigenvalue weighted by atomic mass is 32.1. The number of carbonyl (C=O) groups is 1. The maximum absolute atomic E-state index is 13.8. The van der Waals surface area contributed by atoms with E-state index in [-0.39, 0.29) is 5.91 Å². The molecule has 0 saturated heterocycles. The lowest BCUT2D eigenvalue weighted by Crippen LogP contribution is -2.36. The number of fused-ring (bicyclic) bond motifs is 1. The van der Waals surface area contributed by atoms with Crippen LogP contribution in [0, 0.1) is 13.8 Å². The van der Waals surface area contributed by atoms with Crippen LogP contribution in [0.2, 0.25) is 0 Å². The Bertz CT molecular complexity index is 1230. The van der Waals surface area contributed by atoms with Crippen molar-refractivity contribution in [1.29, 1.82) is 0 Å². The Kier molecular flexibility index (Phi) is 6.53. The van der Waals surface area contributed by atoms with E-state index in [1.54, 1.807) is 16.2 Å². The molecule has 0 N–H and O–H groups in total. The molecule has 3 aromatic carbocycles. The summed E-state index contributed by atoms with van der Waals surface area (Å²) in [6.45, 7) is 5.42. The molecule has 1 amide bonds. The van der Waals surface area contributed by atoms with E-state index in [0.29, 0.717) is 28.7 Å². The van der Waals surface area contributed by atoms with Gasteiger partial charge in [-0.25, -0.2) is 4.98 Å². The topological polar surface area (TPSA) is 45.7 Å². The molecule has 0 radical (unpaired) electrons. The fourth-order valence-electron chi connectivity index (χ4n) is 3.41. The Labute approximate surface area is 192 Å². The number of amides is 1. The molecule has 0 aliphatic rings. The number of aromatic nitrogens is 1. The summed E-state index contributed by atoms with van der Waals surface area (Å²) >= 11 is 1.55. The number of benzene rings is 3. The van der Waals surface area contributed by atoms with Gasteiger partial charge in [0.1, 0.15) is 11.5 Å². The summed E-state index contributed by atoms with van der Waals surface area (Å²) in [5, 5.41) is 0.704. The quantitative estimate of drug-likeness (QED) is 0.355. The fraction of sp³-hybridized carbons (Fsp3) is 0.231. The summed E-state index contributed by atoms with van der Waals surface area (Å²) < 4.78 is 7.14. The minimum absolute atomic E-state index is 0.119. The maximum Gasteiger partial charge on any atom is 0.263 e. The number of para-hydroxylation sites is 2. The average molecular weight is 446 g/mol. The van der Waals surface area contributed by atoms with Gasteiger partial charge in [0.25, 0.3) is 5.91 Å². The summed E-state index contributed by atoms with van der Waals surface area (Å²) in [6.07, 6.45) is 0. The van der Waals surface area contributed by atoms with E-state index >= 15 is 0 Å². The van der Waals surface area contributed by atoms with E-state index in [2.05, 4.69) is 30.9 Å². The van der Waals surface area contributed by atoms with Crippen LogP contribution in [0.4, 0.5) is 5.13 Å². The summed E-state index contributed by atoms with van der Waals surface area (Å²) in [6, 6.07) is 21.1. The van der Waals surface area contributed by atoms with Gasteiger partial charge in [-0.2, -0.15) is 0 Å². The van der Waals surface area contributed by atoms with Crippen LogP contribution in [0.15, 0.2) is 66.7 Å². The molecule has 0 fully saturated rings. The number of hydrogen-bond donors (Lipinski definition) is 0. The van der Waals surface area contributed by atoms with Crippen molar-refractivity contribution in [2.75, 3.05) is 32.1 Å². The molecule has 0 saturated carbocycles. The number of aryl methyl sites for hydroxylation is 2. The highest BCUT2D eigenvalue weighted by Gasteiger charge is 2.24. The molecule has 6 heteroatoms. The molecule has 0 aliphatic carbocycles. The van der Waals surface area contributed by atoms with Crippen molar-refractivity contribution in [3.05, 3.63) is 83.4 Å². The van der Waals surface area contributed by atoms with Gasteiger partial charge >= 0.3 is 0 Å². The minimum Gasteiger partial charge on any atom is -0.457 e. The van der Waals surface area contributed by atoms with Gasteiger partial charge in [-0.3, -0.25) is 9.69 Å². The molecule has 0 bridgehead atoms. The number of rotatable bonds is 7. The van der Waals surface area contributed by atoms with Crippen LogP contribution in [-0.2, 0) is 0 Å². The lowest BCUT2D eigenvalue weighted by atomic mass is 10.1. The Morgan fingerprint density at radius 1 is 0.938 bits per heavy atom. The molecule has 164 valence electrons. The second-order valence-corrected chi connectivity index (χ2v) is 9.03. The first-order chi connectivity index (χ1) is 15.4. The van der Waals surface area contributed by atoms with Gasteiger partial charge in [0.15, 0.2) is 5.13 Å². The number of likely N-dealkylation sites (N-methyl/N-ethyl adjacent to an activating group) is 1. The van der Waals surface area contributed by atoms with Crippen molar-refractivity contribution in [2.24, 2.45) is 0 Å². The van der Waals surface area contributed by atoms with Gasteiger partial charge in [0.05, 0.1) is 15.8 Å². The van der Waals surface area contributed by atoms with Crippen molar-refractivity contribution in [2.45, 2.75) is 13.8 Å². The van der Waals surface area contributed by atoms with Gasteiger partial charge < -0.3 is 9.64 Å². The zero-order valence-corrected chi connectivity index (χ0v) is 19.6. The Balaban J connectivity index is 1.73. The van der Waals surface area contributed by atoms with E-state index in [1.165, 1.54) is 5.56 Å². The van der Waals surface area contributed by atoms with Crippen molar-refractivity contribution in [1.82, 2.24) is 9.88 Å². The van der Waals surface area contributed by atoms with Crippen LogP contribution in [0.1, 0.15) is 21.5 Å². The van der Waals surface area contributed by atoms with E-state index in [0.717, 1.165) is 22.3 Å². The monoisotopic (exact) mass is 445 g/mol. The highest BCUT2D eigenvalue weighted by molar-refractivity contribution is 7.22. The average Bonchev–Trinajstić information content (AvgIpc) is 3.22. The zero-order chi connectivity index (χ0) is 22.7. The largest absolute Gasteiger partial charge is 0.457 e. The molecule has 4 rings (SSSR count). The molecule has 1 aromatic heterocycles. The Morgan fingerprint density at radius 3 is 2.41 bits per heavy atom. The van der Waals surface area contributed by atoms with Crippen LogP contribution in [0.3, 0.4) is 0 Å². The summed E-state index contributed by atoms with van der Waals surface area (Å²) in [5.41, 5.74) is 3.82. The summed E-state index contributed by atoms with van der Waals surface area (Å²) in [7, 11) is 4.00. The van der Waals surface area contributed by atoms with Crippen LogP contribution < -0.4 is 9.64 Å². The molecule has 0 aliphatic heterocycles. The molecule has 0 atom stereocenters. The predicted octanol–water partition coefficient (Wildman–Crippen LogP) is 5.91. The van der Waals surface area contributed by atoms with Crippen molar-refractivity contribution in [3.63, 3.8) is 0 Å². The number of ether oxygens (including phenoxy) is 1. The van der Waals surface area contributed by atoms with E-state index < -0.39 is 0 Å². The molecule has 1 heterocycles. The summed E-state index contributed by atoms with van der Waals surface area (Å²) in [4.78, 5) is 22.5. The number of hydrogen-bond acceptors (Lipinski definition) is 5. The van der Waals surface area contributed by atoms with Crippen molar-refractivity contribution < 1.29 is 9.53 Å². The smallest absolute Gasteiger partial charge is 0.263 e. The predicted molar refractivity (Wildman–Crippen MR) is 132 cm³/mol. The van der Waals surface area contributed by atoms with E-state index in [9.17, 15) is 4.79 Å². The minimum atomic E-state index is -0.119. The zero-order valence-electron chi connectivity index (χ0n) is 18.8. The van der Waals surface area contributed by atoms with Gasteiger partial charge in [0.2, 0.25) is 0 Å². The first-order valence-corrected chi connectivity index (χ1v) is 11.4. The number of nitrogens with zero attached hydrogens (tertiary/aromatic N) is 3. The number of thiazole rings is 1. The second-order valence-electron chi connectivity index (χ2n) is 8.02. The van der Waals surface area contributed by atoms with E-state index in [1.807, 2.05) is 68.7 Å². The number of anilines is 1. The molecular weight excluding hydrogens is 418 g/mol. The third-order valence-electron chi connectivity index (χ3n) is 5.41. The van der Waals surface area contributed by atoms with Crippen LogP contribution in [0.5, 0.6) is 11.5 Å². The third kappa shape index (κ3) is 4.66.